The molecule has 3 aromatic rings. The Morgan fingerprint density at radius 2 is 1.80 bits per heavy atom. The molecule has 0 N–H and O–H groups in total. The third kappa shape index (κ3) is 2.98. The highest BCUT2D eigenvalue weighted by atomic mass is 32.2. The number of hydrogen-bond donors (Lipinski definition) is 0. The van der Waals surface area contributed by atoms with E-state index in [4.69, 9.17) is 0 Å². The Balaban J connectivity index is 1.77. The first-order chi connectivity index (χ1) is 12.1. The van der Waals surface area contributed by atoms with Gasteiger partial charge < -0.3 is 4.90 Å². The van der Waals surface area contributed by atoms with Gasteiger partial charge in [-0.05, 0) is 30.7 Å². The zero-order valence-corrected chi connectivity index (χ0v) is 14.5. The van der Waals surface area contributed by atoms with Crippen molar-refractivity contribution in [3.63, 3.8) is 0 Å². The number of likely N-dealkylation sites (tertiary alicyclic amines) is 1. The predicted octanol–water partition coefficient (Wildman–Crippen LogP) is 3.76. The van der Waals surface area contributed by atoms with Crippen molar-refractivity contribution in [2.45, 2.75) is 16.7 Å². The molecule has 1 amide bonds. The van der Waals surface area contributed by atoms with Crippen molar-refractivity contribution in [2.75, 3.05) is 13.6 Å². The zero-order valence-electron chi connectivity index (χ0n) is 13.6. The summed E-state index contributed by atoms with van der Waals surface area (Å²) in [6, 6.07) is 14.1. The summed E-state index contributed by atoms with van der Waals surface area (Å²) in [6.45, 7) is 0.773. The number of fused-ring (bicyclic) bond motifs is 1. The van der Waals surface area contributed by atoms with Gasteiger partial charge in [-0.25, -0.2) is 4.39 Å². The van der Waals surface area contributed by atoms with E-state index in [1.165, 1.54) is 23.9 Å². The van der Waals surface area contributed by atoms with E-state index in [2.05, 4.69) is 10.2 Å². The van der Waals surface area contributed by atoms with Crippen LogP contribution in [0.15, 0.2) is 53.6 Å². The Hall–Kier alpha value is -2.47. The third-order valence-electron chi connectivity index (χ3n) is 4.40. The lowest BCUT2D eigenvalue weighted by Crippen LogP contribution is -2.23. The number of carbonyl (C=O) groups is 1. The second-order valence-electron chi connectivity index (χ2n) is 6.06. The highest BCUT2D eigenvalue weighted by molar-refractivity contribution is 8.00. The normalized spacial score (nSPS) is 17.4. The van der Waals surface area contributed by atoms with Gasteiger partial charge in [-0.1, -0.05) is 36.0 Å². The molecule has 1 aliphatic rings. The lowest BCUT2D eigenvalue weighted by molar-refractivity contribution is -0.126. The quantitative estimate of drug-likeness (QED) is 0.719. The van der Waals surface area contributed by atoms with Crippen LogP contribution in [0.4, 0.5) is 4.39 Å². The molecule has 1 atom stereocenters. The standard InChI is InChI=1S/C19H16FN3OS/c1-23-11-10-16(19(23)24)25-18-15-5-3-2-4-14(15)17(21-22-18)12-6-8-13(20)9-7-12/h2-9,16H,10-11H2,1H3. The van der Waals surface area contributed by atoms with Gasteiger partial charge in [0.1, 0.15) is 16.5 Å². The Morgan fingerprint density at radius 1 is 1.08 bits per heavy atom. The molecule has 1 aromatic heterocycles. The number of carbonyl (C=O) groups excluding carboxylic acids is 1. The number of benzene rings is 2. The largest absolute Gasteiger partial charge is 0.345 e. The van der Waals surface area contributed by atoms with Crippen LogP contribution in [0, 0.1) is 5.82 Å². The molecule has 0 aliphatic carbocycles. The van der Waals surface area contributed by atoms with Gasteiger partial charge in [0.2, 0.25) is 5.91 Å². The zero-order chi connectivity index (χ0) is 17.4. The predicted molar refractivity (Wildman–Crippen MR) is 96.8 cm³/mol. The Kier molecular flexibility index (Phi) is 4.13. The summed E-state index contributed by atoms with van der Waals surface area (Å²) >= 11 is 1.47. The highest BCUT2D eigenvalue weighted by Gasteiger charge is 2.31. The second kappa shape index (κ2) is 6.44. The maximum Gasteiger partial charge on any atom is 0.235 e. The number of nitrogens with zero attached hydrogens (tertiary/aromatic N) is 3. The highest BCUT2D eigenvalue weighted by Crippen LogP contribution is 2.36. The molecule has 6 heteroatoms. The van der Waals surface area contributed by atoms with Crippen LogP contribution < -0.4 is 0 Å². The fourth-order valence-electron chi connectivity index (χ4n) is 3.02. The van der Waals surface area contributed by atoms with Crippen LogP contribution in [0.3, 0.4) is 0 Å². The van der Waals surface area contributed by atoms with Crippen molar-refractivity contribution in [3.8, 4) is 11.3 Å². The van der Waals surface area contributed by atoms with Gasteiger partial charge in [-0.2, -0.15) is 0 Å². The average molecular weight is 353 g/mol. The summed E-state index contributed by atoms with van der Waals surface area (Å²) in [5.41, 5.74) is 1.54. The molecule has 25 heavy (non-hydrogen) atoms. The molecular formula is C19H16FN3OS. The molecule has 4 rings (SSSR count). The van der Waals surface area contributed by atoms with Gasteiger partial charge in [0.05, 0.1) is 5.25 Å². The van der Waals surface area contributed by atoms with Crippen LogP contribution in [0.1, 0.15) is 6.42 Å². The van der Waals surface area contributed by atoms with Gasteiger partial charge >= 0.3 is 0 Å². The minimum atomic E-state index is -0.281. The summed E-state index contributed by atoms with van der Waals surface area (Å²) < 4.78 is 13.2. The SMILES string of the molecule is CN1CCC(Sc2nnc(-c3ccc(F)cc3)c3ccccc23)C1=O. The Morgan fingerprint density at radius 3 is 2.48 bits per heavy atom. The van der Waals surface area contributed by atoms with Crippen molar-refractivity contribution in [1.82, 2.24) is 15.1 Å². The summed E-state index contributed by atoms with van der Waals surface area (Å²) in [6.07, 6.45) is 0.815. The van der Waals surface area contributed by atoms with E-state index in [0.717, 1.165) is 40.0 Å². The van der Waals surface area contributed by atoms with E-state index in [0.29, 0.717) is 0 Å². The molecule has 0 spiro atoms. The first-order valence-electron chi connectivity index (χ1n) is 8.06. The number of rotatable bonds is 3. The van der Waals surface area contributed by atoms with Crippen molar-refractivity contribution >= 4 is 28.4 Å². The number of thioether (sulfide) groups is 1. The lowest BCUT2D eigenvalue weighted by Gasteiger charge is -2.12. The molecule has 1 unspecified atom stereocenters. The van der Waals surface area contributed by atoms with E-state index in [1.54, 1.807) is 17.0 Å². The van der Waals surface area contributed by atoms with E-state index in [1.807, 2.05) is 31.3 Å². The summed E-state index contributed by atoms with van der Waals surface area (Å²) in [4.78, 5) is 13.9. The lowest BCUT2D eigenvalue weighted by atomic mass is 10.1. The van der Waals surface area contributed by atoms with Crippen LogP contribution in [-0.2, 0) is 4.79 Å². The Bertz CT molecular complexity index is 945. The molecule has 1 fully saturated rings. The van der Waals surface area contributed by atoms with Crippen LogP contribution in [-0.4, -0.2) is 39.8 Å². The Labute approximate surface area is 149 Å². The monoisotopic (exact) mass is 353 g/mol. The van der Waals surface area contributed by atoms with Gasteiger partial charge in [-0.15, -0.1) is 10.2 Å². The topological polar surface area (TPSA) is 46.1 Å². The first-order valence-corrected chi connectivity index (χ1v) is 8.94. The van der Waals surface area contributed by atoms with Gasteiger partial charge in [0.15, 0.2) is 0 Å². The van der Waals surface area contributed by atoms with Crippen molar-refractivity contribution in [2.24, 2.45) is 0 Å². The van der Waals surface area contributed by atoms with E-state index in [-0.39, 0.29) is 17.0 Å². The van der Waals surface area contributed by atoms with Crippen molar-refractivity contribution in [1.29, 1.82) is 0 Å². The summed E-state index contributed by atoms with van der Waals surface area (Å²) in [7, 11) is 1.82. The maximum absolute atomic E-state index is 13.2. The molecule has 126 valence electrons. The minimum absolute atomic E-state index is 0.112. The fraction of sp³-hybridized carbons (Fsp3) is 0.211. The van der Waals surface area contributed by atoms with Gasteiger partial charge in [0, 0.05) is 29.9 Å². The molecule has 4 nitrogen and oxygen atoms in total. The van der Waals surface area contributed by atoms with Crippen LogP contribution in [0.2, 0.25) is 0 Å². The van der Waals surface area contributed by atoms with Crippen molar-refractivity contribution < 1.29 is 9.18 Å². The number of halogens is 1. The minimum Gasteiger partial charge on any atom is -0.345 e. The number of aromatic nitrogens is 2. The molecule has 0 bridgehead atoms. The van der Waals surface area contributed by atoms with Crippen LogP contribution in [0.25, 0.3) is 22.0 Å². The molecule has 0 radical (unpaired) electrons. The van der Waals surface area contributed by atoms with Crippen LogP contribution >= 0.6 is 11.8 Å². The summed E-state index contributed by atoms with van der Waals surface area (Å²) in [5.74, 6) is -0.143. The van der Waals surface area contributed by atoms with E-state index < -0.39 is 0 Å². The van der Waals surface area contributed by atoms with E-state index in [9.17, 15) is 9.18 Å². The second-order valence-corrected chi connectivity index (χ2v) is 7.25. The number of hydrogen-bond acceptors (Lipinski definition) is 4. The van der Waals surface area contributed by atoms with Crippen molar-refractivity contribution in [3.05, 3.63) is 54.3 Å². The molecule has 1 aliphatic heterocycles. The third-order valence-corrected chi connectivity index (χ3v) is 5.65. The molecule has 2 heterocycles. The van der Waals surface area contributed by atoms with Gasteiger partial charge in [-0.3, -0.25) is 4.79 Å². The number of amides is 1. The smallest absolute Gasteiger partial charge is 0.235 e. The molecule has 1 saturated heterocycles. The summed E-state index contributed by atoms with van der Waals surface area (Å²) in [5, 5.41) is 11.3. The van der Waals surface area contributed by atoms with Crippen LogP contribution in [0.5, 0.6) is 0 Å². The molecular weight excluding hydrogens is 337 g/mol. The molecule has 0 saturated carbocycles. The fourth-order valence-corrected chi connectivity index (χ4v) is 4.19. The maximum atomic E-state index is 13.2. The molecule has 2 aromatic carbocycles. The average Bonchev–Trinajstić information content (AvgIpc) is 2.95. The van der Waals surface area contributed by atoms with E-state index >= 15 is 0 Å². The van der Waals surface area contributed by atoms with Gasteiger partial charge in [0.25, 0.3) is 0 Å². The first kappa shape index (κ1) is 16.0.